The summed E-state index contributed by atoms with van der Waals surface area (Å²) < 4.78 is 0. The number of hydrogen-bond donors (Lipinski definition) is 1. The second kappa shape index (κ2) is 5.30. The van der Waals surface area contributed by atoms with Crippen LogP contribution in [0.1, 0.15) is 23.7 Å². The summed E-state index contributed by atoms with van der Waals surface area (Å²) in [5.41, 5.74) is 1.28. The third-order valence-electron chi connectivity index (χ3n) is 2.40. The lowest BCUT2D eigenvalue weighted by Crippen LogP contribution is -2.25. The molecule has 1 aromatic carbocycles. The largest absolute Gasteiger partial charge is 0.355 e. The molecule has 0 aliphatic carbocycles. The summed E-state index contributed by atoms with van der Waals surface area (Å²) in [4.78, 5) is 24.4. The number of carbonyl (C=O) groups is 2. The van der Waals surface area contributed by atoms with Gasteiger partial charge >= 0.3 is 0 Å². The van der Waals surface area contributed by atoms with E-state index in [1.165, 1.54) is 0 Å². The zero-order chi connectivity index (χ0) is 12.1. The summed E-state index contributed by atoms with van der Waals surface area (Å²) in [5, 5.41) is 2.55. The van der Waals surface area contributed by atoms with Crippen LogP contribution in [0.4, 0.5) is 5.69 Å². The lowest BCUT2D eigenvalue weighted by atomic mass is 10.1. The van der Waals surface area contributed by atoms with Crippen molar-refractivity contribution in [1.29, 1.82) is 0 Å². The highest BCUT2D eigenvalue weighted by atomic mass is 16.2. The zero-order valence-corrected chi connectivity index (χ0v) is 9.78. The number of anilines is 1. The molecule has 2 amide bonds. The van der Waals surface area contributed by atoms with Crippen molar-refractivity contribution in [3.63, 3.8) is 0 Å². The van der Waals surface area contributed by atoms with Gasteiger partial charge in [0.25, 0.3) is 5.91 Å². The average Bonchev–Trinajstić information content (AvgIpc) is 2.36. The number of nitrogens with zero attached hydrogens (tertiary/aromatic N) is 1. The molecule has 4 heteroatoms. The van der Waals surface area contributed by atoms with E-state index in [2.05, 4.69) is 5.32 Å². The molecule has 1 rings (SSSR count). The van der Waals surface area contributed by atoms with Crippen molar-refractivity contribution >= 4 is 17.5 Å². The maximum absolute atomic E-state index is 11.5. The summed E-state index contributed by atoms with van der Waals surface area (Å²) in [6.45, 7) is 1.81. The van der Waals surface area contributed by atoms with Crippen molar-refractivity contribution in [2.75, 3.05) is 19.0 Å². The van der Waals surface area contributed by atoms with Crippen molar-refractivity contribution < 1.29 is 9.59 Å². The highest BCUT2D eigenvalue weighted by Crippen LogP contribution is 2.15. The van der Waals surface area contributed by atoms with Crippen LogP contribution in [0.2, 0.25) is 0 Å². The molecule has 0 saturated heterocycles. The monoisotopic (exact) mass is 220 g/mol. The van der Waals surface area contributed by atoms with Crippen molar-refractivity contribution in [3.8, 4) is 0 Å². The third kappa shape index (κ3) is 2.59. The van der Waals surface area contributed by atoms with Gasteiger partial charge in [0.1, 0.15) is 0 Å². The second-order valence-electron chi connectivity index (χ2n) is 3.44. The van der Waals surface area contributed by atoms with Crippen LogP contribution >= 0.6 is 0 Å². The van der Waals surface area contributed by atoms with Crippen LogP contribution in [-0.2, 0) is 4.79 Å². The quantitative estimate of drug-likeness (QED) is 0.837. The van der Waals surface area contributed by atoms with Gasteiger partial charge in [-0.3, -0.25) is 9.59 Å². The van der Waals surface area contributed by atoms with Crippen LogP contribution in [0, 0.1) is 0 Å². The van der Waals surface area contributed by atoms with Crippen LogP contribution < -0.4 is 10.2 Å². The van der Waals surface area contributed by atoms with Gasteiger partial charge in [0.05, 0.1) is 0 Å². The molecule has 0 aliphatic rings. The number of nitrogens with one attached hydrogen (secondary N) is 1. The first-order chi connectivity index (χ1) is 7.60. The Hall–Kier alpha value is -1.84. The SMILES string of the molecule is CCC(=O)N(C)c1cccc(C(=O)NC)c1. The molecular formula is C12H16N2O2. The van der Waals surface area contributed by atoms with E-state index in [1.807, 2.05) is 0 Å². The van der Waals surface area contributed by atoms with Crippen molar-refractivity contribution in [2.45, 2.75) is 13.3 Å². The van der Waals surface area contributed by atoms with Crippen molar-refractivity contribution in [3.05, 3.63) is 29.8 Å². The molecule has 0 spiro atoms. The fourth-order valence-corrected chi connectivity index (χ4v) is 1.38. The molecule has 0 saturated carbocycles. The number of carbonyl (C=O) groups excluding carboxylic acids is 2. The molecule has 0 aromatic heterocycles. The molecule has 0 atom stereocenters. The molecule has 86 valence electrons. The molecule has 0 radical (unpaired) electrons. The Morgan fingerprint density at radius 1 is 1.38 bits per heavy atom. The molecule has 0 aliphatic heterocycles. The summed E-state index contributed by atoms with van der Waals surface area (Å²) in [6, 6.07) is 6.98. The van der Waals surface area contributed by atoms with E-state index in [0.29, 0.717) is 12.0 Å². The first-order valence-corrected chi connectivity index (χ1v) is 5.18. The van der Waals surface area contributed by atoms with Gasteiger partial charge < -0.3 is 10.2 Å². The first kappa shape index (κ1) is 12.2. The summed E-state index contributed by atoms with van der Waals surface area (Å²) in [6.07, 6.45) is 0.445. The average molecular weight is 220 g/mol. The van der Waals surface area contributed by atoms with Gasteiger partial charge in [-0.05, 0) is 18.2 Å². The van der Waals surface area contributed by atoms with E-state index in [-0.39, 0.29) is 11.8 Å². The van der Waals surface area contributed by atoms with Crippen LogP contribution in [0.15, 0.2) is 24.3 Å². The Morgan fingerprint density at radius 2 is 2.06 bits per heavy atom. The Bertz CT molecular complexity index is 402. The van der Waals surface area contributed by atoms with Crippen molar-refractivity contribution in [1.82, 2.24) is 5.32 Å². The Morgan fingerprint density at radius 3 is 2.62 bits per heavy atom. The molecule has 4 nitrogen and oxygen atoms in total. The Kier molecular flexibility index (Phi) is 4.05. The topological polar surface area (TPSA) is 49.4 Å². The summed E-state index contributed by atoms with van der Waals surface area (Å²) in [7, 11) is 3.28. The van der Waals surface area contributed by atoms with E-state index in [9.17, 15) is 9.59 Å². The molecule has 1 N–H and O–H groups in total. The predicted molar refractivity (Wildman–Crippen MR) is 63.5 cm³/mol. The highest BCUT2D eigenvalue weighted by molar-refractivity contribution is 5.97. The van der Waals surface area contributed by atoms with Crippen molar-refractivity contribution in [2.24, 2.45) is 0 Å². The lowest BCUT2D eigenvalue weighted by Gasteiger charge is -2.17. The molecule has 1 aromatic rings. The van der Waals surface area contributed by atoms with Gasteiger partial charge in [0.2, 0.25) is 5.91 Å². The predicted octanol–water partition coefficient (Wildman–Crippen LogP) is 1.42. The maximum atomic E-state index is 11.5. The number of amides is 2. The standard InChI is InChI=1S/C12H16N2O2/c1-4-11(15)14(3)10-7-5-6-9(8-10)12(16)13-2/h5-8H,4H2,1-3H3,(H,13,16). The summed E-state index contributed by atoms with van der Waals surface area (Å²) >= 11 is 0. The molecule has 0 fully saturated rings. The summed E-state index contributed by atoms with van der Waals surface area (Å²) in [5.74, 6) is -0.131. The highest BCUT2D eigenvalue weighted by Gasteiger charge is 2.10. The molecule has 0 unspecified atom stereocenters. The number of hydrogen-bond acceptors (Lipinski definition) is 2. The van der Waals surface area contributed by atoms with Crippen LogP contribution in [0.5, 0.6) is 0 Å². The van der Waals surface area contributed by atoms with E-state index >= 15 is 0 Å². The van der Waals surface area contributed by atoms with Crippen LogP contribution in [-0.4, -0.2) is 25.9 Å². The number of rotatable bonds is 3. The zero-order valence-electron chi connectivity index (χ0n) is 9.78. The second-order valence-corrected chi connectivity index (χ2v) is 3.44. The fourth-order valence-electron chi connectivity index (χ4n) is 1.38. The maximum Gasteiger partial charge on any atom is 0.251 e. The minimum absolute atomic E-state index is 0.0223. The Labute approximate surface area is 95.3 Å². The van der Waals surface area contributed by atoms with Gasteiger partial charge in [0, 0.05) is 31.8 Å². The van der Waals surface area contributed by atoms with Gasteiger partial charge in [0.15, 0.2) is 0 Å². The van der Waals surface area contributed by atoms with E-state index < -0.39 is 0 Å². The Balaban J connectivity index is 2.98. The van der Waals surface area contributed by atoms with E-state index in [0.717, 1.165) is 5.69 Å². The van der Waals surface area contributed by atoms with Gasteiger partial charge in [-0.25, -0.2) is 0 Å². The molecule has 0 heterocycles. The van der Waals surface area contributed by atoms with E-state index in [1.54, 1.807) is 50.2 Å². The smallest absolute Gasteiger partial charge is 0.251 e. The molecule has 16 heavy (non-hydrogen) atoms. The van der Waals surface area contributed by atoms with E-state index in [4.69, 9.17) is 0 Å². The third-order valence-corrected chi connectivity index (χ3v) is 2.40. The van der Waals surface area contributed by atoms with Gasteiger partial charge in [-0.1, -0.05) is 13.0 Å². The first-order valence-electron chi connectivity index (χ1n) is 5.18. The normalized spacial score (nSPS) is 9.69. The fraction of sp³-hybridized carbons (Fsp3) is 0.333. The van der Waals surface area contributed by atoms with Gasteiger partial charge in [-0.2, -0.15) is 0 Å². The lowest BCUT2D eigenvalue weighted by molar-refractivity contribution is -0.118. The van der Waals surface area contributed by atoms with Crippen LogP contribution in [0.25, 0.3) is 0 Å². The molecular weight excluding hydrogens is 204 g/mol. The minimum atomic E-state index is -0.154. The molecule has 0 bridgehead atoms. The number of benzene rings is 1. The minimum Gasteiger partial charge on any atom is -0.355 e. The van der Waals surface area contributed by atoms with Gasteiger partial charge in [-0.15, -0.1) is 0 Å². The van der Waals surface area contributed by atoms with Crippen LogP contribution in [0.3, 0.4) is 0 Å².